The molecule has 2 aromatic heterocycles. The van der Waals surface area contributed by atoms with Crippen LogP contribution in [-0.2, 0) is 0 Å². The van der Waals surface area contributed by atoms with E-state index in [1.807, 2.05) is 6.92 Å². The zero-order valence-corrected chi connectivity index (χ0v) is 19.3. The molecule has 0 aliphatic heterocycles. The first-order valence-corrected chi connectivity index (χ1v) is 10.7. The molecule has 4 aromatic rings. The summed E-state index contributed by atoms with van der Waals surface area (Å²) < 4.78 is 35.1. The van der Waals surface area contributed by atoms with Crippen LogP contribution in [0.2, 0.25) is 5.15 Å². The van der Waals surface area contributed by atoms with Gasteiger partial charge in [0.1, 0.15) is 28.1 Å². The van der Waals surface area contributed by atoms with Crippen molar-refractivity contribution < 1.29 is 18.0 Å². The molecule has 3 N–H and O–H groups in total. The minimum atomic E-state index is -0.844. The monoisotopic (exact) mass is 483 g/mol. The van der Waals surface area contributed by atoms with Crippen LogP contribution in [0.15, 0.2) is 51.7 Å². The van der Waals surface area contributed by atoms with Crippen molar-refractivity contribution in [3.63, 3.8) is 0 Å². The van der Waals surface area contributed by atoms with E-state index in [1.165, 1.54) is 19.1 Å². The molecule has 0 aliphatic rings. The first-order valence-electron chi connectivity index (χ1n) is 10.3. The molecule has 174 valence electrons. The molecule has 6 nitrogen and oxygen atoms in total. The van der Waals surface area contributed by atoms with Gasteiger partial charge in [0, 0.05) is 11.1 Å². The number of carbonyl (C=O) groups is 1. The fraction of sp³-hybridized carbons (Fsp3) is 0.160. The van der Waals surface area contributed by atoms with Crippen molar-refractivity contribution in [2.75, 3.05) is 5.32 Å². The van der Waals surface area contributed by atoms with Crippen molar-refractivity contribution in [2.24, 2.45) is 5.73 Å². The van der Waals surface area contributed by atoms with E-state index in [0.717, 1.165) is 17.7 Å². The number of pyridine rings is 1. The summed E-state index contributed by atoms with van der Waals surface area (Å²) in [6, 6.07) is 9.41. The first kappa shape index (κ1) is 23.4. The third kappa shape index (κ3) is 4.12. The van der Waals surface area contributed by atoms with Gasteiger partial charge in [-0.1, -0.05) is 23.7 Å². The SMILES string of the molecule is Cc1cc([C@@H](C)Nc2ccc(Cl)nc2C(N)=O)c2oc(-c3c(F)cccc3F)c(C)c(=O)c2c1. The Hall–Kier alpha value is -3.78. The summed E-state index contributed by atoms with van der Waals surface area (Å²) >= 11 is 5.89. The van der Waals surface area contributed by atoms with Crippen molar-refractivity contribution in [1.29, 1.82) is 0 Å². The zero-order chi connectivity index (χ0) is 24.7. The Morgan fingerprint density at radius 3 is 2.47 bits per heavy atom. The molecule has 0 radical (unpaired) electrons. The molecule has 0 fully saturated rings. The van der Waals surface area contributed by atoms with Gasteiger partial charge in [-0.05, 0) is 56.7 Å². The summed E-state index contributed by atoms with van der Waals surface area (Å²) in [6.07, 6.45) is 0. The van der Waals surface area contributed by atoms with E-state index >= 15 is 0 Å². The Morgan fingerprint density at radius 1 is 1.15 bits per heavy atom. The number of amides is 1. The predicted molar refractivity (Wildman–Crippen MR) is 127 cm³/mol. The number of nitrogens with two attached hydrogens (primary N) is 1. The summed E-state index contributed by atoms with van der Waals surface area (Å²) in [7, 11) is 0. The highest BCUT2D eigenvalue weighted by molar-refractivity contribution is 6.29. The molecule has 2 heterocycles. The maximum Gasteiger partial charge on any atom is 0.269 e. The molecular weight excluding hydrogens is 464 g/mol. The smallest absolute Gasteiger partial charge is 0.269 e. The van der Waals surface area contributed by atoms with Crippen molar-refractivity contribution in [2.45, 2.75) is 26.8 Å². The number of halogens is 3. The van der Waals surface area contributed by atoms with E-state index in [9.17, 15) is 18.4 Å². The third-order valence-electron chi connectivity index (χ3n) is 5.51. The number of aryl methyl sites for hydroxylation is 1. The minimum Gasteiger partial charge on any atom is -0.455 e. The van der Waals surface area contributed by atoms with E-state index in [-0.39, 0.29) is 33.1 Å². The highest BCUT2D eigenvalue weighted by atomic mass is 35.5. The number of carbonyl (C=O) groups excluding carboxylic acids is 1. The van der Waals surface area contributed by atoms with Gasteiger partial charge in [0.05, 0.1) is 22.7 Å². The average molecular weight is 484 g/mol. The van der Waals surface area contributed by atoms with Crippen LogP contribution in [0, 0.1) is 25.5 Å². The lowest BCUT2D eigenvalue weighted by Crippen LogP contribution is -2.18. The van der Waals surface area contributed by atoms with Crippen molar-refractivity contribution >= 4 is 34.2 Å². The van der Waals surface area contributed by atoms with E-state index in [1.54, 1.807) is 25.1 Å². The molecule has 0 spiro atoms. The van der Waals surface area contributed by atoms with E-state index in [2.05, 4.69) is 10.3 Å². The summed E-state index contributed by atoms with van der Waals surface area (Å²) in [5, 5.41) is 3.51. The second kappa shape index (κ2) is 8.87. The fourth-order valence-electron chi connectivity index (χ4n) is 3.89. The summed E-state index contributed by atoms with van der Waals surface area (Å²) in [5.41, 5.74) is 6.46. The van der Waals surface area contributed by atoms with Crippen LogP contribution < -0.4 is 16.5 Å². The lowest BCUT2D eigenvalue weighted by atomic mass is 9.98. The Bertz CT molecular complexity index is 1500. The number of primary amides is 1. The van der Waals surface area contributed by atoms with Crippen LogP contribution in [0.3, 0.4) is 0 Å². The number of fused-ring (bicyclic) bond motifs is 1. The molecule has 0 saturated heterocycles. The number of rotatable bonds is 5. The van der Waals surface area contributed by atoms with Crippen LogP contribution in [0.5, 0.6) is 0 Å². The lowest BCUT2D eigenvalue weighted by molar-refractivity contribution is 0.0996. The Balaban J connectivity index is 1.93. The second-order valence-electron chi connectivity index (χ2n) is 7.97. The zero-order valence-electron chi connectivity index (χ0n) is 18.5. The number of nitrogens with one attached hydrogen (secondary N) is 1. The quantitative estimate of drug-likeness (QED) is 0.356. The van der Waals surface area contributed by atoms with Gasteiger partial charge in [-0.15, -0.1) is 0 Å². The normalized spacial score (nSPS) is 12.1. The maximum atomic E-state index is 14.5. The second-order valence-corrected chi connectivity index (χ2v) is 8.36. The largest absolute Gasteiger partial charge is 0.455 e. The number of benzene rings is 2. The van der Waals surface area contributed by atoms with Gasteiger partial charge in [0.2, 0.25) is 0 Å². The highest BCUT2D eigenvalue weighted by Crippen LogP contribution is 2.34. The van der Waals surface area contributed by atoms with E-state index in [0.29, 0.717) is 11.3 Å². The maximum absolute atomic E-state index is 14.5. The van der Waals surface area contributed by atoms with Crippen LogP contribution in [0.1, 0.15) is 40.1 Å². The third-order valence-corrected chi connectivity index (χ3v) is 5.73. The topological polar surface area (TPSA) is 98.2 Å². The Morgan fingerprint density at radius 2 is 1.82 bits per heavy atom. The fourth-order valence-corrected chi connectivity index (χ4v) is 4.04. The van der Waals surface area contributed by atoms with Gasteiger partial charge in [-0.25, -0.2) is 13.8 Å². The van der Waals surface area contributed by atoms with Crippen molar-refractivity contribution in [1.82, 2.24) is 4.98 Å². The molecule has 0 saturated carbocycles. The van der Waals surface area contributed by atoms with Crippen LogP contribution in [0.25, 0.3) is 22.3 Å². The number of anilines is 1. The average Bonchev–Trinajstić information content (AvgIpc) is 2.78. The summed E-state index contributed by atoms with van der Waals surface area (Å²) in [5.74, 6) is -2.64. The molecule has 9 heteroatoms. The molecule has 1 atom stereocenters. The standard InChI is InChI=1S/C25H20ClF2N3O3/c1-11-9-14(13(3)30-18-7-8-19(26)31-21(18)25(29)33)24-15(10-11)22(32)12(2)23(34-24)20-16(27)5-4-6-17(20)28/h4-10,13,30H,1-3H3,(H2,29,33)/t13-/m1/s1. The van der Waals surface area contributed by atoms with Crippen LogP contribution in [0.4, 0.5) is 14.5 Å². The molecule has 0 unspecified atom stereocenters. The van der Waals surface area contributed by atoms with E-state index in [4.69, 9.17) is 21.8 Å². The molecule has 2 aromatic carbocycles. The lowest BCUT2D eigenvalue weighted by Gasteiger charge is -2.20. The van der Waals surface area contributed by atoms with Crippen LogP contribution >= 0.6 is 11.6 Å². The Kier molecular flexibility index (Phi) is 6.10. The number of nitrogens with zero attached hydrogens (tertiary/aromatic N) is 1. The predicted octanol–water partition coefficient (Wildman–Crippen LogP) is 5.68. The molecular formula is C25H20ClF2N3O3. The molecule has 0 bridgehead atoms. The first-order chi connectivity index (χ1) is 16.1. The molecule has 1 amide bonds. The Labute approximate surface area is 198 Å². The number of hydrogen-bond acceptors (Lipinski definition) is 5. The van der Waals surface area contributed by atoms with Gasteiger partial charge in [-0.3, -0.25) is 9.59 Å². The minimum absolute atomic E-state index is 0.0530. The number of aromatic nitrogens is 1. The summed E-state index contributed by atoms with van der Waals surface area (Å²) in [6.45, 7) is 5.05. The van der Waals surface area contributed by atoms with E-state index < -0.39 is 34.6 Å². The molecule has 0 aliphatic carbocycles. The van der Waals surface area contributed by atoms with Crippen molar-refractivity contribution in [3.05, 3.63) is 91.9 Å². The van der Waals surface area contributed by atoms with Gasteiger partial charge in [-0.2, -0.15) is 0 Å². The van der Waals surface area contributed by atoms with Gasteiger partial charge in [0.15, 0.2) is 11.1 Å². The molecule has 34 heavy (non-hydrogen) atoms. The van der Waals surface area contributed by atoms with Gasteiger partial charge in [0.25, 0.3) is 5.91 Å². The van der Waals surface area contributed by atoms with Gasteiger partial charge < -0.3 is 15.5 Å². The molecule has 4 rings (SSSR count). The van der Waals surface area contributed by atoms with Crippen LogP contribution in [-0.4, -0.2) is 10.9 Å². The van der Waals surface area contributed by atoms with Gasteiger partial charge >= 0.3 is 0 Å². The highest BCUT2D eigenvalue weighted by Gasteiger charge is 2.23. The summed E-state index contributed by atoms with van der Waals surface area (Å²) in [4.78, 5) is 29.0. The van der Waals surface area contributed by atoms with Crippen molar-refractivity contribution in [3.8, 4) is 11.3 Å². The number of hydrogen-bond donors (Lipinski definition) is 2.